The lowest BCUT2D eigenvalue weighted by Crippen LogP contribution is -2.44. The average molecular weight is 457 g/mol. The Kier molecular flexibility index (Phi) is 6.74. The summed E-state index contributed by atoms with van der Waals surface area (Å²) in [4.78, 5) is 5.51. The summed E-state index contributed by atoms with van der Waals surface area (Å²) in [6.45, 7) is 4.99. The Morgan fingerprint density at radius 2 is 1.84 bits per heavy atom. The van der Waals surface area contributed by atoms with E-state index in [1.165, 1.54) is 4.88 Å². The number of rotatable bonds is 7. The van der Waals surface area contributed by atoms with Gasteiger partial charge in [-0.05, 0) is 49.9 Å². The smallest absolute Gasteiger partial charge is 0.221 e. The molecule has 0 aliphatic carbocycles. The number of nitrogens with zero attached hydrogens (tertiary/aromatic N) is 2. The SMILES string of the molecule is Cc1ncsc1CCOc1ccc(CN2[C@@H](C)CCC(c3ccccc3)S2(=O)=O)cc1. The number of aromatic nitrogens is 1. The molecule has 1 aromatic heterocycles. The molecule has 1 aliphatic heterocycles. The van der Waals surface area contributed by atoms with E-state index in [-0.39, 0.29) is 6.04 Å². The molecular weight excluding hydrogens is 428 g/mol. The van der Waals surface area contributed by atoms with Crippen LogP contribution >= 0.6 is 11.3 Å². The van der Waals surface area contributed by atoms with Crippen LogP contribution in [0, 0.1) is 6.92 Å². The van der Waals surface area contributed by atoms with E-state index in [0.717, 1.165) is 35.4 Å². The van der Waals surface area contributed by atoms with Gasteiger partial charge in [0.2, 0.25) is 10.0 Å². The first kappa shape index (κ1) is 22.0. The van der Waals surface area contributed by atoms with Gasteiger partial charge in [-0.1, -0.05) is 42.5 Å². The molecule has 0 saturated carbocycles. The Morgan fingerprint density at radius 3 is 2.52 bits per heavy atom. The zero-order valence-corrected chi connectivity index (χ0v) is 19.5. The minimum Gasteiger partial charge on any atom is -0.493 e. The maximum absolute atomic E-state index is 13.4. The highest BCUT2D eigenvalue weighted by Gasteiger charge is 2.40. The molecule has 31 heavy (non-hydrogen) atoms. The van der Waals surface area contributed by atoms with Crippen molar-refractivity contribution in [2.45, 2.75) is 50.9 Å². The van der Waals surface area contributed by atoms with Crippen LogP contribution in [0.5, 0.6) is 5.75 Å². The summed E-state index contributed by atoms with van der Waals surface area (Å²) < 4.78 is 34.3. The lowest BCUT2D eigenvalue weighted by atomic mass is 10.0. The number of aryl methyl sites for hydroxylation is 1. The van der Waals surface area contributed by atoms with Gasteiger partial charge in [-0.25, -0.2) is 13.4 Å². The van der Waals surface area contributed by atoms with Crippen LogP contribution < -0.4 is 4.74 Å². The fraction of sp³-hybridized carbons (Fsp3) is 0.375. The van der Waals surface area contributed by atoms with Crippen molar-refractivity contribution in [2.75, 3.05) is 6.61 Å². The highest BCUT2D eigenvalue weighted by atomic mass is 32.2. The number of thiazole rings is 1. The number of hydrogen-bond donors (Lipinski definition) is 0. The summed E-state index contributed by atoms with van der Waals surface area (Å²) in [5.41, 5.74) is 4.76. The molecule has 0 spiro atoms. The van der Waals surface area contributed by atoms with Gasteiger partial charge in [-0.15, -0.1) is 11.3 Å². The minimum atomic E-state index is -3.42. The highest BCUT2D eigenvalue weighted by molar-refractivity contribution is 7.89. The summed E-state index contributed by atoms with van der Waals surface area (Å²) in [7, 11) is -3.42. The van der Waals surface area contributed by atoms with E-state index in [9.17, 15) is 8.42 Å². The van der Waals surface area contributed by atoms with Gasteiger partial charge in [-0.2, -0.15) is 4.31 Å². The predicted octanol–water partition coefficient (Wildman–Crippen LogP) is 5.13. The van der Waals surface area contributed by atoms with Crippen molar-refractivity contribution < 1.29 is 13.2 Å². The molecule has 1 saturated heterocycles. The number of hydrogen-bond acceptors (Lipinski definition) is 5. The van der Waals surface area contributed by atoms with Gasteiger partial charge in [0.05, 0.1) is 17.8 Å². The predicted molar refractivity (Wildman–Crippen MR) is 125 cm³/mol. The molecule has 2 aromatic carbocycles. The van der Waals surface area contributed by atoms with Crippen molar-refractivity contribution in [3.63, 3.8) is 0 Å². The Bertz CT molecular complexity index is 1100. The van der Waals surface area contributed by atoms with E-state index in [0.29, 0.717) is 19.6 Å². The minimum absolute atomic E-state index is 0.0106. The molecule has 0 N–H and O–H groups in total. The van der Waals surface area contributed by atoms with Gasteiger partial charge in [0.1, 0.15) is 11.0 Å². The molecule has 2 atom stereocenters. The second-order valence-electron chi connectivity index (χ2n) is 8.02. The maximum Gasteiger partial charge on any atom is 0.221 e. The van der Waals surface area contributed by atoms with E-state index in [2.05, 4.69) is 4.98 Å². The van der Waals surface area contributed by atoms with Gasteiger partial charge < -0.3 is 4.74 Å². The molecule has 0 radical (unpaired) electrons. The quantitative estimate of drug-likeness (QED) is 0.495. The Balaban J connectivity index is 1.41. The van der Waals surface area contributed by atoms with E-state index < -0.39 is 15.3 Å². The molecule has 1 unspecified atom stereocenters. The average Bonchev–Trinajstić information content (AvgIpc) is 3.17. The Hall–Kier alpha value is -2.22. The molecule has 2 heterocycles. The summed E-state index contributed by atoms with van der Waals surface area (Å²) >= 11 is 1.65. The highest BCUT2D eigenvalue weighted by Crippen LogP contribution is 2.38. The van der Waals surface area contributed by atoms with Gasteiger partial charge in [0.15, 0.2) is 0 Å². The van der Waals surface area contributed by atoms with Crippen LogP contribution in [0.4, 0.5) is 0 Å². The normalized spacial score (nSPS) is 21.1. The third-order valence-electron chi connectivity index (χ3n) is 5.90. The molecule has 3 aromatic rings. The van der Waals surface area contributed by atoms with Crippen molar-refractivity contribution >= 4 is 21.4 Å². The largest absolute Gasteiger partial charge is 0.493 e. The van der Waals surface area contributed by atoms with E-state index >= 15 is 0 Å². The molecule has 4 rings (SSSR count). The summed E-state index contributed by atoms with van der Waals surface area (Å²) in [5, 5.41) is -0.470. The van der Waals surface area contributed by atoms with Gasteiger partial charge in [0, 0.05) is 23.9 Å². The molecule has 1 aliphatic rings. The van der Waals surface area contributed by atoms with Crippen LogP contribution in [0.25, 0.3) is 0 Å². The maximum atomic E-state index is 13.4. The Labute approximate surface area is 188 Å². The fourth-order valence-corrected chi connectivity index (χ4v) is 7.01. The Morgan fingerprint density at radius 1 is 1.10 bits per heavy atom. The second kappa shape index (κ2) is 9.51. The molecule has 0 bridgehead atoms. The second-order valence-corrected chi connectivity index (χ2v) is 11.0. The van der Waals surface area contributed by atoms with Gasteiger partial charge in [0.25, 0.3) is 0 Å². The summed E-state index contributed by atoms with van der Waals surface area (Å²) in [5.74, 6) is 0.794. The first-order valence-electron chi connectivity index (χ1n) is 10.6. The van der Waals surface area contributed by atoms with Crippen LogP contribution in [0.15, 0.2) is 60.1 Å². The van der Waals surface area contributed by atoms with Crippen LogP contribution in [0.3, 0.4) is 0 Å². The third-order valence-corrected chi connectivity index (χ3v) is 9.27. The molecule has 7 heteroatoms. The first-order valence-corrected chi connectivity index (χ1v) is 13.0. The third kappa shape index (κ3) is 5.00. The standard InChI is InChI=1S/C24H28N2O3S2/c1-18-8-13-24(21-6-4-3-5-7-21)31(27,28)26(18)16-20-9-11-22(12-10-20)29-15-14-23-19(2)25-17-30-23/h3-7,9-12,17-18,24H,8,13-16H2,1-2H3/t18-,24?/m0/s1. The van der Waals surface area contributed by atoms with Crippen molar-refractivity contribution in [3.8, 4) is 5.75 Å². The van der Waals surface area contributed by atoms with Gasteiger partial charge >= 0.3 is 0 Å². The number of benzene rings is 2. The van der Waals surface area contributed by atoms with Crippen molar-refractivity contribution in [1.29, 1.82) is 0 Å². The van der Waals surface area contributed by atoms with Crippen LogP contribution in [0.1, 0.15) is 46.7 Å². The van der Waals surface area contributed by atoms with E-state index in [1.807, 2.05) is 74.0 Å². The fourth-order valence-electron chi connectivity index (χ4n) is 4.05. The monoisotopic (exact) mass is 456 g/mol. The lowest BCUT2D eigenvalue weighted by molar-refractivity contribution is 0.281. The van der Waals surface area contributed by atoms with Crippen molar-refractivity contribution in [3.05, 3.63) is 81.8 Å². The number of ether oxygens (including phenoxy) is 1. The molecule has 5 nitrogen and oxygen atoms in total. The van der Waals surface area contributed by atoms with E-state index in [4.69, 9.17) is 4.74 Å². The summed E-state index contributed by atoms with van der Waals surface area (Å²) in [6, 6.07) is 17.3. The topological polar surface area (TPSA) is 59.5 Å². The molecule has 0 amide bonds. The summed E-state index contributed by atoms with van der Waals surface area (Å²) in [6.07, 6.45) is 2.36. The zero-order chi connectivity index (χ0) is 21.8. The van der Waals surface area contributed by atoms with Crippen LogP contribution in [0.2, 0.25) is 0 Å². The number of sulfonamides is 1. The zero-order valence-electron chi connectivity index (χ0n) is 17.9. The first-order chi connectivity index (χ1) is 14.9. The van der Waals surface area contributed by atoms with Crippen molar-refractivity contribution in [2.24, 2.45) is 0 Å². The molecular formula is C24H28N2O3S2. The molecule has 164 valence electrons. The molecule has 1 fully saturated rings. The van der Waals surface area contributed by atoms with E-state index in [1.54, 1.807) is 15.6 Å². The van der Waals surface area contributed by atoms with Crippen LogP contribution in [-0.4, -0.2) is 30.4 Å². The van der Waals surface area contributed by atoms with Crippen molar-refractivity contribution in [1.82, 2.24) is 9.29 Å². The van der Waals surface area contributed by atoms with Crippen LogP contribution in [-0.2, 0) is 23.0 Å². The lowest BCUT2D eigenvalue weighted by Gasteiger charge is -2.37. The van der Waals surface area contributed by atoms with Gasteiger partial charge in [-0.3, -0.25) is 0 Å².